The summed E-state index contributed by atoms with van der Waals surface area (Å²) in [6.45, 7) is 2.39. The molecule has 0 spiro atoms. The van der Waals surface area contributed by atoms with Crippen LogP contribution in [0, 0.1) is 6.92 Å². The Morgan fingerprint density at radius 2 is 2.18 bits per heavy atom. The first-order valence-corrected chi connectivity index (χ1v) is 6.07. The molecular formula is C12H12BrN3O. The Kier molecular flexibility index (Phi) is 4.03. The Labute approximate surface area is 108 Å². The minimum absolute atomic E-state index is 0.555. The fourth-order valence-electron chi connectivity index (χ4n) is 1.39. The van der Waals surface area contributed by atoms with E-state index in [1.807, 2.05) is 25.1 Å². The number of hydrogen-bond acceptors (Lipinski definition) is 4. The third-order valence-corrected chi connectivity index (χ3v) is 2.52. The third-order valence-electron chi connectivity index (χ3n) is 2.12. The van der Waals surface area contributed by atoms with E-state index in [0.29, 0.717) is 18.3 Å². The number of pyridine rings is 1. The van der Waals surface area contributed by atoms with Crippen molar-refractivity contribution in [1.29, 1.82) is 0 Å². The number of halogens is 1. The van der Waals surface area contributed by atoms with Gasteiger partial charge in [0.1, 0.15) is 10.4 Å². The highest BCUT2D eigenvalue weighted by molar-refractivity contribution is 9.10. The lowest BCUT2D eigenvalue weighted by Crippen LogP contribution is -2.04. The lowest BCUT2D eigenvalue weighted by atomic mass is 10.3. The van der Waals surface area contributed by atoms with Crippen molar-refractivity contribution in [2.75, 3.05) is 6.61 Å². The van der Waals surface area contributed by atoms with Crippen molar-refractivity contribution in [2.24, 2.45) is 0 Å². The van der Waals surface area contributed by atoms with Crippen molar-refractivity contribution in [3.05, 3.63) is 46.6 Å². The van der Waals surface area contributed by atoms with Gasteiger partial charge in [-0.15, -0.1) is 0 Å². The van der Waals surface area contributed by atoms with Gasteiger partial charge < -0.3 is 4.74 Å². The molecule has 0 saturated carbocycles. The molecule has 0 N–H and O–H groups in total. The summed E-state index contributed by atoms with van der Waals surface area (Å²) in [5.74, 6) is 1.27. The summed E-state index contributed by atoms with van der Waals surface area (Å²) in [7, 11) is 0. The van der Waals surface area contributed by atoms with Gasteiger partial charge in [-0.1, -0.05) is 6.07 Å². The largest absolute Gasteiger partial charge is 0.477 e. The molecule has 0 aliphatic rings. The fraction of sp³-hybridized carbons (Fsp3) is 0.250. The summed E-state index contributed by atoms with van der Waals surface area (Å²) in [5, 5.41) is 0. The molecule has 0 fully saturated rings. The number of aryl methyl sites for hydroxylation is 1. The van der Waals surface area contributed by atoms with Crippen molar-refractivity contribution >= 4 is 15.9 Å². The van der Waals surface area contributed by atoms with Gasteiger partial charge in [0.05, 0.1) is 6.61 Å². The van der Waals surface area contributed by atoms with E-state index in [0.717, 1.165) is 16.7 Å². The number of aromatic nitrogens is 3. The summed E-state index contributed by atoms with van der Waals surface area (Å²) in [5.41, 5.74) is 1.01. The second-order valence-corrected chi connectivity index (χ2v) is 4.31. The molecule has 0 amide bonds. The lowest BCUT2D eigenvalue weighted by molar-refractivity contribution is 0.306. The van der Waals surface area contributed by atoms with E-state index < -0.39 is 0 Å². The first-order valence-electron chi connectivity index (χ1n) is 5.28. The van der Waals surface area contributed by atoms with E-state index in [2.05, 4.69) is 30.9 Å². The van der Waals surface area contributed by atoms with E-state index in [4.69, 9.17) is 4.74 Å². The van der Waals surface area contributed by atoms with Crippen molar-refractivity contribution < 1.29 is 4.74 Å². The van der Waals surface area contributed by atoms with E-state index in [1.165, 1.54) is 0 Å². The molecule has 0 aliphatic carbocycles. The number of hydrogen-bond donors (Lipinski definition) is 0. The van der Waals surface area contributed by atoms with Crippen LogP contribution in [0.15, 0.2) is 35.1 Å². The van der Waals surface area contributed by atoms with Crippen LogP contribution in [0.25, 0.3) is 0 Å². The zero-order chi connectivity index (χ0) is 12.1. The van der Waals surface area contributed by atoms with Gasteiger partial charge in [-0.25, -0.2) is 4.98 Å². The monoisotopic (exact) mass is 293 g/mol. The number of rotatable bonds is 4. The Bertz CT molecular complexity index is 470. The SMILES string of the molecule is Cc1nc(Br)cc(OCCc2ccccn2)n1. The molecule has 0 aromatic carbocycles. The summed E-state index contributed by atoms with van der Waals surface area (Å²) < 4.78 is 6.28. The van der Waals surface area contributed by atoms with Crippen molar-refractivity contribution in [3.63, 3.8) is 0 Å². The molecular weight excluding hydrogens is 282 g/mol. The summed E-state index contributed by atoms with van der Waals surface area (Å²) >= 11 is 3.31. The van der Waals surface area contributed by atoms with Crippen molar-refractivity contribution in [3.8, 4) is 5.88 Å². The quantitative estimate of drug-likeness (QED) is 0.813. The molecule has 17 heavy (non-hydrogen) atoms. The van der Waals surface area contributed by atoms with Gasteiger partial charge >= 0.3 is 0 Å². The van der Waals surface area contributed by atoms with Crippen LogP contribution in [-0.2, 0) is 6.42 Å². The van der Waals surface area contributed by atoms with E-state index in [1.54, 1.807) is 12.3 Å². The van der Waals surface area contributed by atoms with Gasteiger partial charge in [-0.3, -0.25) is 4.98 Å². The molecule has 0 unspecified atom stereocenters. The maximum atomic E-state index is 5.55. The maximum Gasteiger partial charge on any atom is 0.217 e. The van der Waals surface area contributed by atoms with Crippen LogP contribution in [0.1, 0.15) is 11.5 Å². The van der Waals surface area contributed by atoms with Gasteiger partial charge in [0.25, 0.3) is 0 Å². The van der Waals surface area contributed by atoms with Crippen LogP contribution in [-0.4, -0.2) is 21.6 Å². The minimum Gasteiger partial charge on any atom is -0.477 e. The van der Waals surface area contributed by atoms with Crippen LogP contribution in [0.4, 0.5) is 0 Å². The zero-order valence-corrected chi connectivity index (χ0v) is 11.0. The van der Waals surface area contributed by atoms with Gasteiger partial charge in [0.2, 0.25) is 5.88 Å². The van der Waals surface area contributed by atoms with Crippen LogP contribution in [0.3, 0.4) is 0 Å². The summed E-state index contributed by atoms with van der Waals surface area (Å²) in [6, 6.07) is 7.60. The fourth-order valence-corrected chi connectivity index (χ4v) is 1.84. The van der Waals surface area contributed by atoms with Crippen LogP contribution >= 0.6 is 15.9 Å². The smallest absolute Gasteiger partial charge is 0.217 e. The molecule has 0 saturated heterocycles. The van der Waals surface area contributed by atoms with Crippen LogP contribution in [0.2, 0.25) is 0 Å². The highest BCUT2D eigenvalue weighted by Gasteiger charge is 2.01. The van der Waals surface area contributed by atoms with Gasteiger partial charge in [-0.2, -0.15) is 4.98 Å². The Hall–Kier alpha value is -1.49. The average molecular weight is 294 g/mol. The van der Waals surface area contributed by atoms with Crippen molar-refractivity contribution in [2.45, 2.75) is 13.3 Å². The molecule has 2 aromatic heterocycles. The minimum atomic E-state index is 0.555. The molecule has 2 aromatic rings. The molecule has 5 heteroatoms. The first-order chi connectivity index (χ1) is 8.24. The van der Waals surface area contributed by atoms with Gasteiger partial charge in [0.15, 0.2) is 0 Å². The van der Waals surface area contributed by atoms with E-state index in [9.17, 15) is 0 Å². The second-order valence-electron chi connectivity index (χ2n) is 3.50. The zero-order valence-electron chi connectivity index (χ0n) is 9.43. The second kappa shape index (κ2) is 5.72. The highest BCUT2D eigenvalue weighted by atomic mass is 79.9. The normalized spacial score (nSPS) is 10.2. The topological polar surface area (TPSA) is 47.9 Å². The molecule has 0 radical (unpaired) electrons. The Balaban J connectivity index is 1.90. The molecule has 0 aliphatic heterocycles. The molecule has 0 atom stereocenters. The lowest BCUT2D eigenvalue weighted by Gasteiger charge is -2.05. The number of ether oxygens (including phenoxy) is 1. The maximum absolute atomic E-state index is 5.55. The van der Waals surface area contributed by atoms with Crippen LogP contribution in [0.5, 0.6) is 5.88 Å². The third kappa shape index (κ3) is 3.78. The Morgan fingerprint density at radius 3 is 2.88 bits per heavy atom. The molecule has 0 bridgehead atoms. The molecule has 2 heterocycles. The Morgan fingerprint density at radius 1 is 1.29 bits per heavy atom. The number of nitrogens with zero attached hydrogens (tertiary/aromatic N) is 3. The van der Waals surface area contributed by atoms with E-state index >= 15 is 0 Å². The first kappa shape index (κ1) is 12.0. The van der Waals surface area contributed by atoms with E-state index in [-0.39, 0.29) is 0 Å². The van der Waals surface area contributed by atoms with Crippen molar-refractivity contribution in [1.82, 2.24) is 15.0 Å². The summed E-state index contributed by atoms with van der Waals surface area (Å²) in [4.78, 5) is 12.5. The van der Waals surface area contributed by atoms with Crippen LogP contribution < -0.4 is 4.74 Å². The molecule has 2 rings (SSSR count). The summed E-state index contributed by atoms with van der Waals surface area (Å²) in [6.07, 6.45) is 2.54. The standard InChI is InChI=1S/C12H12BrN3O/c1-9-15-11(13)8-12(16-9)17-7-5-10-4-2-3-6-14-10/h2-4,6,8H,5,7H2,1H3. The molecule has 4 nitrogen and oxygen atoms in total. The highest BCUT2D eigenvalue weighted by Crippen LogP contribution is 2.14. The molecule has 88 valence electrons. The average Bonchev–Trinajstić information content (AvgIpc) is 2.29. The van der Waals surface area contributed by atoms with Gasteiger partial charge in [-0.05, 0) is 35.0 Å². The predicted octanol–water partition coefficient (Wildman–Crippen LogP) is 2.56. The predicted molar refractivity (Wildman–Crippen MR) is 67.9 cm³/mol. The van der Waals surface area contributed by atoms with Gasteiger partial charge in [0, 0.05) is 24.4 Å².